The highest BCUT2D eigenvalue weighted by atomic mass is 32.1. The molecule has 2 heterocycles. The van der Waals surface area contributed by atoms with Gasteiger partial charge >= 0.3 is 0 Å². The minimum atomic E-state index is -0.161. The van der Waals surface area contributed by atoms with E-state index in [0.717, 1.165) is 32.7 Å². The summed E-state index contributed by atoms with van der Waals surface area (Å²) in [6.45, 7) is 4.30. The average Bonchev–Trinajstić information content (AvgIpc) is 3.22. The maximum atomic E-state index is 12.0. The van der Waals surface area contributed by atoms with Gasteiger partial charge in [0, 0.05) is 4.88 Å². The van der Waals surface area contributed by atoms with Crippen molar-refractivity contribution in [3.63, 3.8) is 0 Å². The van der Waals surface area contributed by atoms with Crippen molar-refractivity contribution in [3.8, 4) is 16.5 Å². The van der Waals surface area contributed by atoms with E-state index in [-0.39, 0.29) is 12.5 Å². The zero-order valence-corrected chi connectivity index (χ0v) is 14.4. The maximum absolute atomic E-state index is 12.0. The third kappa shape index (κ3) is 3.83. The number of nitrogens with one attached hydrogen (secondary N) is 1. The lowest BCUT2D eigenvalue weighted by molar-refractivity contribution is -0.123. The Labute approximate surface area is 144 Å². The smallest absolute Gasteiger partial charge is 0.258 e. The Hall–Kier alpha value is -2.60. The van der Waals surface area contributed by atoms with Gasteiger partial charge in [-0.15, -0.1) is 11.3 Å². The van der Waals surface area contributed by atoms with Crippen molar-refractivity contribution < 1.29 is 13.9 Å². The van der Waals surface area contributed by atoms with Crippen LogP contribution >= 0.6 is 11.3 Å². The molecule has 5 nitrogen and oxygen atoms in total. The maximum Gasteiger partial charge on any atom is 0.258 e. The van der Waals surface area contributed by atoms with Gasteiger partial charge in [-0.05, 0) is 37.6 Å². The van der Waals surface area contributed by atoms with Crippen LogP contribution in [-0.4, -0.2) is 17.5 Å². The fraction of sp³-hybridized carbons (Fsp3) is 0.222. The van der Waals surface area contributed by atoms with Crippen molar-refractivity contribution in [1.82, 2.24) is 10.3 Å². The SMILES string of the molecule is Cc1ccccc1OCC(=O)NCc1sc(-c2ccco2)nc1C. The number of furan rings is 1. The Balaban J connectivity index is 1.54. The van der Waals surface area contributed by atoms with E-state index in [1.165, 1.54) is 11.3 Å². The number of benzene rings is 1. The van der Waals surface area contributed by atoms with Crippen molar-refractivity contribution in [2.75, 3.05) is 6.61 Å². The summed E-state index contributed by atoms with van der Waals surface area (Å²) in [7, 11) is 0. The quantitative estimate of drug-likeness (QED) is 0.741. The Kier molecular flexibility index (Phi) is 4.96. The second kappa shape index (κ2) is 7.31. The molecule has 1 aromatic carbocycles. The van der Waals surface area contributed by atoms with E-state index in [1.807, 2.05) is 50.2 Å². The molecule has 2 aromatic heterocycles. The van der Waals surface area contributed by atoms with Crippen molar-refractivity contribution in [2.24, 2.45) is 0 Å². The summed E-state index contributed by atoms with van der Waals surface area (Å²) in [6, 6.07) is 11.3. The van der Waals surface area contributed by atoms with E-state index in [9.17, 15) is 4.79 Å². The first-order valence-electron chi connectivity index (χ1n) is 7.59. The van der Waals surface area contributed by atoms with Crippen LogP contribution in [0.4, 0.5) is 0 Å². The van der Waals surface area contributed by atoms with Gasteiger partial charge in [0.2, 0.25) is 0 Å². The highest BCUT2D eigenvalue weighted by molar-refractivity contribution is 7.15. The summed E-state index contributed by atoms with van der Waals surface area (Å²) in [6.07, 6.45) is 1.62. The fourth-order valence-electron chi connectivity index (χ4n) is 2.19. The van der Waals surface area contributed by atoms with Gasteiger partial charge in [-0.3, -0.25) is 4.79 Å². The summed E-state index contributed by atoms with van der Waals surface area (Å²) in [5.74, 6) is 1.30. The van der Waals surface area contributed by atoms with Gasteiger partial charge in [0.1, 0.15) is 5.75 Å². The van der Waals surface area contributed by atoms with Crippen molar-refractivity contribution in [2.45, 2.75) is 20.4 Å². The number of carbonyl (C=O) groups is 1. The van der Waals surface area contributed by atoms with Crippen LogP contribution in [0.1, 0.15) is 16.1 Å². The third-order valence-electron chi connectivity index (χ3n) is 3.52. The van der Waals surface area contributed by atoms with Gasteiger partial charge in [0.25, 0.3) is 5.91 Å². The number of rotatable bonds is 6. The summed E-state index contributed by atoms with van der Waals surface area (Å²) < 4.78 is 10.9. The summed E-state index contributed by atoms with van der Waals surface area (Å²) in [5, 5.41) is 3.68. The molecule has 0 saturated heterocycles. The van der Waals surface area contributed by atoms with Gasteiger partial charge in [-0.1, -0.05) is 18.2 Å². The number of hydrogen-bond acceptors (Lipinski definition) is 5. The lowest BCUT2D eigenvalue weighted by Crippen LogP contribution is -2.28. The number of amides is 1. The first kappa shape index (κ1) is 16.3. The molecule has 6 heteroatoms. The zero-order chi connectivity index (χ0) is 16.9. The lowest BCUT2D eigenvalue weighted by Gasteiger charge is -2.09. The summed E-state index contributed by atoms with van der Waals surface area (Å²) in [4.78, 5) is 17.5. The molecule has 0 bridgehead atoms. The van der Waals surface area contributed by atoms with Crippen molar-refractivity contribution in [1.29, 1.82) is 0 Å². The van der Waals surface area contributed by atoms with Crippen LogP contribution in [-0.2, 0) is 11.3 Å². The predicted molar refractivity (Wildman–Crippen MR) is 93.1 cm³/mol. The molecule has 0 unspecified atom stereocenters. The zero-order valence-electron chi connectivity index (χ0n) is 13.5. The molecular weight excluding hydrogens is 324 g/mol. The molecule has 0 fully saturated rings. The molecule has 124 valence electrons. The lowest BCUT2D eigenvalue weighted by atomic mass is 10.2. The Morgan fingerprint density at radius 2 is 2.08 bits per heavy atom. The van der Waals surface area contributed by atoms with Gasteiger partial charge < -0.3 is 14.5 Å². The molecule has 3 aromatic rings. The minimum Gasteiger partial charge on any atom is -0.484 e. The number of thiazole rings is 1. The molecule has 0 saturated carbocycles. The van der Waals surface area contributed by atoms with E-state index in [0.29, 0.717) is 6.54 Å². The number of nitrogens with zero attached hydrogens (tertiary/aromatic N) is 1. The first-order chi connectivity index (χ1) is 11.6. The molecule has 24 heavy (non-hydrogen) atoms. The molecule has 0 aliphatic carbocycles. The van der Waals surface area contributed by atoms with E-state index in [2.05, 4.69) is 10.3 Å². The van der Waals surface area contributed by atoms with Gasteiger partial charge in [0.05, 0.1) is 18.5 Å². The Morgan fingerprint density at radius 1 is 1.25 bits per heavy atom. The van der Waals surface area contributed by atoms with E-state index >= 15 is 0 Å². The standard InChI is InChI=1S/C18H18N2O3S/c1-12-6-3-4-7-14(12)23-11-17(21)19-10-16-13(2)20-18(24-16)15-8-5-9-22-15/h3-9H,10-11H2,1-2H3,(H,19,21). The monoisotopic (exact) mass is 342 g/mol. The molecule has 1 N–H and O–H groups in total. The van der Waals surface area contributed by atoms with Crippen LogP contribution in [0.25, 0.3) is 10.8 Å². The van der Waals surface area contributed by atoms with E-state index in [4.69, 9.17) is 9.15 Å². The van der Waals surface area contributed by atoms with Gasteiger partial charge in [0.15, 0.2) is 17.4 Å². The average molecular weight is 342 g/mol. The van der Waals surface area contributed by atoms with Crippen molar-refractivity contribution in [3.05, 3.63) is 58.8 Å². The first-order valence-corrected chi connectivity index (χ1v) is 8.40. The van der Waals surface area contributed by atoms with Crippen LogP contribution in [0, 0.1) is 13.8 Å². The highest BCUT2D eigenvalue weighted by Gasteiger charge is 2.12. The van der Waals surface area contributed by atoms with Gasteiger partial charge in [-0.2, -0.15) is 0 Å². The van der Waals surface area contributed by atoms with Crippen LogP contribution in [0.5, 0.6) is 5.75 Å². The van der Waals surface area contributed by atoms with Crippen LogP contribution in [0.3, 0.4) is 0 Å². The third-order valence-corrected chi connectivity index (χ3v) is 4.70. The molecule has 3 rings (SSSR count). The molecular formula is C18H18N2O3S. The largest absolute Gasteiger partial charge is 0.484 e. The number of aromatic nitrogens is 1. The van der Waals surface area contributed by atoms with Crippen LogP contribution in [0.2, 0.25) is 0 Å². The Bertz CT molecular complexity index is 825. The second-order valence-electron chi connectivity index (χ2n) is 5.34. The Morgan fingerprint density at radius 3 is 2.83 bits per heavy atom. The number of ether oxygens (including phenoxy) is 1. The molecule has 0 atom stereocenters. The van der Waals surface area contributed by atoms with Crippen LogP contribution in [0.15, 0.2) is 47.1 Å². The number of carbonyl (C=O) groups excluding carboxylic acids is 1. The molecule has 0 aliphatic heterocycles. The van der Waals surface area contributed by atoms with Crippen molar-refractivity contribution >= 4 is 17.2 Å². The second-order valence-corrected chi connectivity index (χ2v) is 6.42. The number of para-hydroxylation sites is 1. The summed E-state index contributed by atoms with van der Waals surface area (Å²) >= 11 is 1.52. The fourth-order valence-corrected chi connectivity index (χ4v) is 3.16. The van der Waals surface area contributed by atoms with Gasteiger partial charge in [-0.25, -0.2) is 4.98 Å². The molecule has 0 aliphatic rings. The molecule has 0 spiro atoms. The van der Waals surface area contributed by atoms with Crippen LogP contribution < -0.4 is 10.1 Å². The predicted octanol–water partition coefficient (Wildman–Crippen LogP) is 3.72. The minimum absolute atomic E-state index is 0.00620. The molecule has 1 amide bonds. The van der Waals surface area contributed by atoms with E-state index < -0.39 is 0 Å². The number of hydrogen-bond donors (Lipinski definition) is 1. The topological polar surface area (TPSA) is 64.4 Å². The highest BCUT2D eigenvalue weighted by Crippen LogP contribution is 2.28. The molecule has 0 radical (unpaired) electrons. The normalized spacial score (nSPS) is 10.6. The number of aryl methyl sites for hydroxylation is 2. The van der Waals surface area contributed by atoms with E-state index in [1.54, 1.807) is 6.26 Å². The summed E-state index contributed by atoms with van der Waals surface area (Å²) in [5.41, 5.74) is 1.90.